The number of carbonyl (C=O) groups is 2. The fourth-order valence-corrected chi connectivity index (χ4v) is 4.11. The fraction of sp³-hybridized carbons (Fsp3) is 0.773. The number of unbranched alkanes of at least 4 members (excludes halogenated alkanes) is 1. The molecule has 0 aromatic carbocycles. The first kappa shape index (κ1) is 23.4. The van der Waals surface area contributed by atoms with E-state index in [0.717, 1.165) is 58.4 Å². The van der Waals surface area contributed by atoms with Crippen LogP contribution in [0.2, 0.25) is 0 Å². The number of esters is 1. The van der Waals surface area contributed by atoms with Crippen LogP contribution in [0.1, 0.15) is 78.1 Å². The van der Waals surface area contributed by atoms with E-state index in [0.29, 0.717) is 18.3 Å². The van der Waals surface area contributed by atoms with Gasteiger partial charge in [-0.25, -0.2) is 4.98 Å². The molecule has 0 radical (unpaired) electrons. The number of rotatable bonds is 11. The normalized spacial score (nSPS) is 16.2. The Bertz CT molecular complexity index is 634. The quantitative estimate of drug-likeness (QED) is 0.527. The molecule has 0 spiro atoms. The Labute approximate surface area is 175 Å². The van der Waals surface area contributed by atoms with Crippen LogP contribution in [-0.2, 0) is 20.9 Å². The third kappa shape index (κ3) is 6.56. The molecule has 2 heterocycles. The molecule has 1 fully saturated rings. The van der Waals surface area contributed by atoms with Gasteiger partial charge < -0.3 is 19.1 Å². The molecule has 0 saturated carbocycles. The van der Waals surface area contributed by atoms with Crippen molar-refractivity contribution in [2.24, 2.45) is 0 Å². The van der Waals surface area contributed by atoms with Gasteiger partial charge in [0, 0.05) is 44.5 Å². The molecule has 164 valence electrons. The minimum absolute atomic E-state index is 0.0435. The topological polar surface area (TPSA) is 67.7 Å². The van der Waals surface area contributed by atoms with Crippen LogP contribution in [0.15, 0.2) is 12.4 Å². The Morgan fingerprint density at radius 3 is 2.48 bits per heavy atom. The van der Waals surface area contributed by atoms with Crippen LogP contribution in [0, 0.1) is 0 Å². The average molecular weight is 407 g/mol. The Morgan fingerprint density at radius 1 is 1.21 bits per heavy atom. The highest BCUT2D eigenvalue weighted by Crippen LogP contribution is 2.24. The molecule has 1 aliphatic rings. The lowest BCUT2D eigenvalue weighted by Gasteiger charge is -2.38. The second-order valence-corrected chi connectivity index (χ2v) is 7.69. The molecule has 1 aromatic rings. The number of hydrogen-bond acceptors (Lipinski definition) is 5. The van der Waals surface area contributed by atoms with Gasteiger partial charge in [0.2, 0.25) is 5.91 Å². The zero-order chi connectivity index (χ0) is 21.2. The van der Waals surface area contributed by atoms with Crippen LogP contribution in [-0.4, -0.2) is 63.4 Å². The summed E-state index contributed by atoms with van der Waals surface area (Å²) in [5.74, 6) is 0.446. The van der Waals surface area contributed by atoms with Crippen molar-refractivity contribution in [1.82, 2.24) is 19.4 Å². The molecule has 0 bridgehead atoms. The Hall–Kier alpha value is -1.89. The summed E-state index contributed by atoms with van der Waals surface area (Å²) in [6.45, 7) is 12.8. The van der Waals surface area contributed by atoms with E-state index in [2.05, 4.69) is 23.7 Å². The summed E-state index contributed by atoms with van der Waals surface area (Å²) in [4.78, 5) is 34.0. The van der Waals surface area contributed by atoms with Crippen molar-refractivity contribution in [3.63, 3.8) is 0 Å². The first-order valence-electron chi connectivity index (χ1n) is 11.3. The standard InChI is InChI=1S/C22H38N4O3/c1-5-9-10-21(28)29-19(22-23-13-16-25(22)8-4)17-20(27)26-14-11-18(12-15-26)24(6-2)7-3/h13,16,18-19H,5-12,14-15,17H2,1-4H3/t19-/m1/s1. The molecular weight excluding hydrogens is 368 g/mol. The zero-order valence-electron chi connectivity index (χ0n) is 18.6. The van der Waals surface area contributed by atoms with Crippen LogP contribution >= 0.6 is 0 Å². The number of hydrogen-bond donors (Lipinski definition) is 0. The number of ether oxygens (including phenoxy) is 1. The molecule has 2 rings (SSSR count). The molecule has 1 aliphatic heterocycles. The highest BCUT2D eigenvalue weighted by molar-refractivity contribution is 5.77. The monoisotopic (exact) mass is 406 g/mol. The van der Waals surface area contributed by atoms with Crippen molar-refractivity contribution < 1.29 is 14.3 Å². The van der Waals surface area contributed by atoms with Crippen LogP contribution in [0.4, 0.5) is 0 Å². The van der Waals surface area contributed by atoms with Gasteiger partial charge in [0.15, 0.2) is 11.9 Å². The molecule has 1 atom stereocenters. The smallest absolute Gasteiger partial charge is 0.306 e. The maximum Gasteiger partial charge on any atom is 0.306 e. The van der Waals surface area contributed by atoms with Gasteiger partial charge in [-0.3, -0.25) is 9.59 Å². The van der Waals surface area contributed by atoms with Crippen LogP contribution < -0.4 is 0 Å². The van der Waals surface area contributed by atoms with Gasteiger partial charge >= 0.3 is 5.97 Å². The first-order valence-corrected chi connectivity index (χ1v) is 11.3. The summed E-state index contributed by atoms with van der Waals surface area (Å²) in [5, 5.41) is 0. The van der Waals surface area contributed by atoms with Crippen LogP contribution in [0.5, 0.6) is 0 Å². The van der Waals surface area contributed by atoms with Crippen molar-refractivity contribution in [2.75, 3.05) is 26.2 Å². The first-order chi connectivity index (χ1) is 14.0. The fourth-order valence-electron chi connectivity index (χ4n) is 4.11. The van der Waals surface area contributed by atoms with E-state index in [4.69, 9.17) is 4.74 Å². The molecule has 1 amide bonds. The number of aromatic nitrogens is 2. The van der Waals surface area contributed by atoms with Crippen molar-refractivity contribution in [1.29, 1.82) is 0 Å². The summed E-state index contributed by atoms with van der Waals surface area (Å²) in [5.41, 5.74) is 0. The second kappa shape index (κ2) is 12.0. The molecular formula is C22H38N4O3. The third-order valence-electron chi connectivity index (χ3n) is 5.89. The van der Waals surface area contributed by atoms with Gasteiger partial charge in [0.25, 0.3) is 0 Å². The van der Waals surface area contributed by atoms with E-state index < -0.39 is 6.10 Å². The lowest BCUT2D eigenvalue weighted by atomic mass is 10.0. The number of amides is 1. The largest absolute Gasteiger partial charge is 0.454 e. The van der Waals surface area contributed by atoms with Gasteiger partial charge in [0.1, 0.15) is 0 Å². The summed E-state index contributed by atoms with van der Waals surface area (Å²) in [6, 6.07) is 0.552. The SMILES string of the molecule is CCCCC(=O)O[C@H](CC(=O)N1CCC(N(CC)CC)CC1)c1nccn1CC. The van der Waals surface area contributed by atoms with Gasteiger partial charge in [-0.2, -0.15) is 0 Å². The predicted molar refractivity (Wildman–Crippen MR) is 113 cm³/mol. The second-order valence-electron chi connectivity index (χ2n) is 7.69. The molecule has 7 heteroatoms. The average Bonchev–Trinajstić information content (AvgIpc) is 3.22. The molecule has 1 saturated heterocycles. The number of piperidine rings is 1. The number of imidazole rings is 1. The predicted octanol–water partition coefficient (Wildman–Crippen LogP) is 3.40. The summed E-state index contributed by atoms with van der Waals surface area (Å²) in [6.07, 6.45) is 7.20. The van der Waals surface area contributed by atoms with Crippen molar-refractivity contribution >= 4 is 11.9 Å². The number of carbonyl (C=O) groups excluding carboxylic acids is 2. The zero-order valence-corrected chi connectivity index (χ0v) is 18.6. The maximum atomic E-state index is 13.0. The number of likely N-dealkylation sites (tertiary alicyclic amines) is 1. The van der Waals surface area contributed by atoms with Gasteiger partial charge in [-0.15, -0.1) is 0 Å². The van der Waals surface area contributed by atoms with E-state index >= 15 is 0 Å². The minimum Gasteiger partial charge on any atom is -0.454 e. The number of aryl methyl sites for hydroxylation is 1. The van der Waals surface area contributed by atoms with E-state index in [-0.39, 0.29) is 18.3 Å². The van der Waals surface area contributed by atoms with Gasteiger partial charge in [-0.1, -0.05) is 27.2 Å². The molecule has 1 aromatic heterocycles. The molecule has 0 aliphatic carbocycles. The number of nitrogens with zero attached hydrogens (tertiary/aromatic N) is 4. The molecule has 0 unspecified atom stereocenters. The maximum absolute atomic E-state index is 13.0. The lowest BCUT2D eigenvalue weighted by Crippen LogP contribution is -2.47. The molecule has 29 heavy (non-hydrogen) atoms. The third-order valence-corrected chi connectivity index (χ3v) is 5.89. The summed E-state index contributed by atoms with van der Waals surface area (Å²) >= 11 is 0. The highest BCUT2D eigenvalue weighted by atomic mass is 16.5. The van der Waals surface area contributed by atoms with Crippen molar-refractivity contribution in [2.45, 2.75) is 84.9 Å². The van der Waals surface area contributed by atoms with E-state index in [1.807, 2.05) is 29.5 Å². The van der Waals surface area contributed by atoms with E-state index in [1.54, 1.807) is 6.20 Å². The lowest BCUT2D eigenvalue weighted by molar-refractivity contribution is -0.153. The van der Waals surface area contributed by atoms with E-state index in [1.165, 1.54) is 0 Å². The Morgan fingerprint density at radius 2 is 1.90 bits per heavy atom. The molecule has 0 N–H and O–H groups in total. The van der Waals surface area contributed by atoms with Crippen LogP contribution in [0.25, 0.3) is 0 Å². The Kier molecular flexibility index (Phi) is 9.64. The van der Waals surface area contributed by atoms with Crippen molar-refractivity contribution in [3.8, 4) is 0 Å². The van der Waals surface area contributed by atoms with Gasteiger partial charge in [0.05, 0.1) is 6.42 Å². The molecule has 7 nitrogen and oxygen atoms in total. The van der Waals surface area contributed by atoms with E-state index in [9.17, 15) is 9.59 Å². The van der Waals surface area contributed by atoms with Crippen molar-refractivity contribution in [3.05, 3.63) is 18.2 Å². The Balaban J connectivity index is 2.01. The summed E-state index contributed by atoms with van der Waals surface area (Å²) in [7, 11) is 0. The summed E-state index contributed by atoms with van der Waals surface area (Å²) < 4.78 is 7.66. The van der Waals surface area contributed by atoms with Gasteiger partial charge in [-0.05, 0) is 39.3 Å². The van der Waals surface area contributed by atoms with Crippen LogP contribution in [0.3, 0.4) is 0 Å². The minimum atomic E-state index is -0.623. The highest BCUT2D eigenvalue weighted by Gasteiger charge is 2.30.